The fraction of sp³-hybridized carbons (Fsp3) is 0.375. The normalized spacial score (nSPS) is 11.2. The minimum absolute atomic E-state index is 0.141. The summed E-state index contributed by atoms with van der Waals surface area (Å²) in [6, 6.07) is 10.5. The van der Waals surface area contributed by atoms with Crippen LogP contribution in [0, 0.1) is 0 Å². The van der Waals surface area contributed by atoms with Gasteiger partial charge in [-0.25, -0.2) is 8.42 Å². The lowest BCUT2D eigenvalue weighted by atomic mass is 10.1. The first-order valence-corrected chi connectivity index (χ1v) is 12.5. The Morgan fingerprint density at radius 1 is 0.882 bits per heavy atom. The number of rotatable bonds is 12. The van der Waals surface area contributed by atoms with Crippen molar-refractivity contribution in [2.45, 2.75) is 45.4 Å². The first-order chi connectivity index (χ1) is 16.1. The van der Waals surface area contributed by atoms with E-state index in [0.717, 1.165) is 0 Å². The SMILES string of the molecule is CCCC(=O)Nc1ccc(OCC(=O)Nc2ccc(S(=O)(=O)N(CC)CC)cc2)c(C(C)=O)c1. The zero-order valence-corrected chi connectivity index (χ0v) is 20.7. The summed E-state index contributed by atoms with van der Waals surface area (Å²) in [4.78, 5) is 36.3. The highest BCUT2D eigenvalue weighted by Gasteiger charge is 2.21. The third kappa shape index (κ3) is 7.13. The van der Waals surface area contributed by atoms with Crippen molar-refractivity contribution in [3.8, 4) is 5.75 Å². The molecule has 0 spiro atoms. The van der Waals surface area contributed by atoms with Gasteiger partial charge in [-0.2, -0.15) is 4.31 Å². The predicted octanol–water partition coefficient (Wildman–Crippen LogP) is 3.68. The number of ether oxygens (including phenoxy) is 1. The molecule has 0 atom stereocenters. The second-order valence-corrected chi connectivity index (χ2v) is 9.45. The molecule has 2 rings (SSSR count). The van der Waals surface area contributed by atoms with Crippen LogP contribution in [0.4, 0.5) is 11.4 Å². The molecule has 2 amide bonds. The third-order valence-electron chi connectivity index (χ3n) is 4.96. The summed E-state index contributed by atoms with van der Waals surface area (Å²) in [5.41, 5.74) is 1.13. The number of anilines is 2. The topological polar surface area (TPSA) is 122 Å². The highest BCUT2D eigenvalue weighted by atomic mass is 32.2. The van der Waals surface area contributed by atoms with Crippen molar-refractivity contribution in [1.82, 2.24) is 4.31 Å². The number of carbonyl (C=O) groups is 3. The number of sulfonamides is 1. The van der Waals surface area contributed by atoms with E-state index < -0.39 is 15.9 Å². The molecule has 0 aliphatic carbocycles. The van der Waals surface area contributed by atoms with E-state index in [9.17, 15) is 22.8 Å². The lowest BCUT2D eigenvalue weighted by molar-refractivity contribution is -0.118. The summed E-state index contributed by atoms with van der Waals surface area (Å²) in [6.07, 6.45) is 1.08. The van der Waals surface area contributed by atoms with E-state index in [2.05, 4.69) is 10.6 Å². The molecule has 2 N–H and O–H groups in total. The second-order valence-electron chi connectivity index (χ2n) is 7.52. The summed E-state index contributed by atoms with van der Waals surface area (Å²) in [5, 5.41) is 5.35. The number of hydrogen-bond acceptors (Lipinski definition) is 6. The maximum Gasteiger partial charge on any atom is 0.262 e. The summed E-state index contributed by atoms with van der Waals surface area (Å²) >= 11 is 0. The van der Waals surface area contributed by atoms with Crippen molar-refractivity contribution in [2.24, 2.45) is 0 Å². The Hall–Kier alpha value is -3.24. The van der Waals surface area contributed by atoms with Gasteiger partial charge in [0.1, 0.15) is 5.75 Å². The molecule has 0 heterocycles. The Labute approximate surface area is 200 Å². The molecule has 0 aromatic heterocycles. The smallest absolute Gasteiger partial charge is 0.262 e. The number of ketones is 1. The van der Waals surface area contributed by atoms with Crippen LogP contribution in [-0.4, -0.2) is 50.0 Å². The molecule has 0 unspecified atom stereocenters. The van der Waals surface area contributed by atoms with Crippen LogP contribution in [0.15, 0.2) is 47.4 Å². The molecular formula is C24H31N3O6S. The molecule has 184 valence electrons. The highest BCUT2D eigenvalue weighted by Crippen LogP contribution is 2.24. The van der Waals surface area contributed by atoms with Crippen LogP contribution in [0.5, 0.6) is 5.75 Å². The fourth-order valence-corrected chi connectivity index (χ4v) is 4.68. The maximum absolute atomic E-state index is 12.6. The fourth-order valence-electron chi connectivity index (χ4n) is 3.22. The number of hydrogen-bond donors (Lipinski definition) is 2. The van der Waals surface area contributed by atoms with Gasteiger partial charge < -0.3 is 15.4 Å². The molecule has 2 aromatic carbocycles. The lowest BCUT2D eigenvalue weighted by Gasteiger charge is -2.18. The van der Waals surface area contributed by atoms with Crippen molar-refractivity contribution < 1.29 is 27.5 Å². The molecule has 34 heavy (non-hydrogen) atoms. The molecule has 9 nitrogen and oxygen atoms in total. The van der Waals surface area contributed by atoms with Crippen LogP contribution in [-0.2, 0) is 19.6 Å². The van der Waals surface area contributed by atoms with Gasteiger partial charge in [-0.1, -0.05) is 20.8 Å². The Morgan fingerprint density at radius 3 is 2.03 bits per heavy atom. The third-order valence-corrected chi connectivity index (χ3v) is 7.02. The van der Waals surface area contributed by atoms with E-state index >= 15 is 0 Å². The van der Waals surface area contributed by atoms with Crippen LogP contribution in [0.2, 0.25) is 0 Å². The average molecular weight is 490 g/mol. The van der Waals surface area contributed by atoms with Crippen LogP contribution >= 0.6 is 0 Å². The summed E-state index contributed by atoms with van der Waals surface area (Å²) < 4.78 is 32.0. The van der Waals surface area contributed by atoms with Gasteiger partial charge in [0, 0.05) is 30.9 Å². The van der Waals surface area contributed by atoms with E-state index in [4.69, 9.17) is 4.74 Å². The summed E-state index contributed by atoms with van der Waals surface area (Å²) in [5.74, 6) is -0.682. The van der Waals surface area contributed by atoms with Crippen LogP contribution in [0.1, 0.15) is 50.9 Å². The first kappa shape index (κ1) is 27.0. The average Bonchev–Trinajstić information content (AvgIpc) is 2.79. The van der Waals surface area contributed by atoms with Crippen molar-refractivity contribution >= 4 is 39.0 Å². The Morgan fingerprint density at radius 2 is 1.47 bits per heavy atom. The van der Waals surface area contributed by atoms with Gasteiger partial charge in [0.2, 0.25) is 15.9 Å². The largest absolute Gasteiger partial charge is 0.483 e. The number of amides is 2. The van der Waals surface area contributed by atoms with E-state index in [1.54, 1.807) is 19.9 Å². The van der Waals surface area contributed by atoms with E-state index in [1.165, 1.54) is 47.6 Å². The van der Waals surface area contributed by atoms with Gasteiger partial charge in [0.05, 0.1) is 10.5 Å². The zero-order chi connectivity index (χ0) is 25.3. The molecule has 0 saturated carbocycles. The molecule has 2 aromatic rings. The van der Waals surface area contributed by atoms with Crippen molar-refractivity contribution in [3.63, 3.8) is 0 Å². The van der Waals surface area contributed by atoms with Gasteiger partial charge in [-0.05, 0) is 55.8 Å². The summed E-state index contributed by atoms with van der Waals surface area (Å²) in [6.45, 7) is 7.17. The van der Waals surface area contributed by atoms with Gasteiger partial charge in [-0.3, -0.25) is 14.4 Å². The maximum atomic E-state index is 12.6. The van der Waals surface area contributed by atoms with E-state index in [1.807, 2.05) is 6.92 Å². The Kier molecular flexibility index (Phi) is 9.76. The van der Waals surface area contributed by atoms with Gasteiger partial charge >= 0.3 is 0 Å². The highest BCUT2D eigenvalue weighted by molar-refractivity contribution is 7.89. The molecule has 0 aliphatic rings. The van der Waals surface area contributed by atoms with Gasteiger partial charge in [0.15, 0.2) is 12.4 Å². The first-order valence-electron chi connectivity index (χ1n) is 11.1. The van der Waals surface area contributed by atoms with Gasteiger partial charge in [-0.15, -0.1) is 0 Å². The molecule has 0 radical (unpaired) electrons. The summed E-state index contributed by atoms with van der Waals surface area (Å²) in [7, 11) is -3.58. The zero-order valence-electron chi connectivity index (χ0n) is 19.9. The van der Waals surface area contributed by atoms with Gasteiger partial charge in [0.25, 0.3) is 5.91 Å². The molecular weight excluding hydrogens is 458 g/mol. The Balaban J connectivity index is 2.03. The van der Waals surface area contributed by atoms with E-state index in [0.29, 0.717) is 37.3 Å². The molecule has 0 saturated heterocycles. The predicted molar refractivity (Wildman–Crippen MR) is 131 cm³/mol. The molecule has 10 heteroatoms. The number of nitrogens with zero attached hydrogens (tertiary/aromatic N) is 1. The van der Waals surface area contributed by atoms with Crippen molar-refractivity contribution in [1.29, 1.82) is 0 Å². The molecule has 0 aliphatic heterocycles. The van der Waals surface area contributed by atoms with Crippen molar-refractivity contribution in [2.75, 3.05) is 30.3 Å². The van der Waals surface area contributed by atoms with E-state index in [-0.39, 0.29) is 34.5 Å². The minimum Gasteiger partial charge on any atom is -0.483 e. The lowest BCUT2D eigenvalue weighted by Crippen LogP contribution is -2.30. The number of nitrogens with one attached hydrogen (secondary N) is 2. The second kappa shape index (κ2) is 12.3. The number of Topliss-reactive ketones (excluding diaryl/α,β-unsaturated/α-hetero) is 1. The van der Waals surface area contributed by atoms with Crippen LogP contribution in [0.25, 0.3) is 0 Å². The number of carbonyl (C=O) groups excluding carboxylic acids is 3. The van der Waals surface area contributed by atoms with Crippen LogP contribution < -0.4 is 15.4 Å². The van der Waals surface area contributed by atoms with Crippen LogP contribution in [0.3, 0.4) is 0 Å². The quantitative estimate of drug-likeness (QED) is 0.439. The minimum atomic E-state index is -3.58. The van der Waals surface area contributed by atoms with Crippen molar-refractivity contribution in [3.05, 3.63) is 48.0 Å². The number of benzene rings is 2. The standard InChI is InChI=1S/C24H31N3O6S/c1-5-8-23(29)26-19-11-14-22(21(15-19)17(4)28)33-16-24(30)25-18-9-12-20(13-10-18)34(31,32)27(6-2)7-3/h9-15H,5-8,16H2,1-4H3,(H,25,30)(H,26,29). The molecule has 0 fully saturated rings. The monoisotopic (exact) mass is 489 g/mol. The molecule has 0 bridgehead atoms. The Bertz CT molecular complexity index is 1130.